The Morgan fingerprint density at radius 3 is 2.13 bits per heavy atom. The first-order valence-corrected chi connectivity index (χ1v) is 13.8. The quantitative estimate of drug-likeness (QED) is 0.248. The maximum absolute atomic E-state index is 13.7. The third-order valence-corrected chi connectivity index (χ3v) is 7.69. The van der Waals surface area contributed by atoms with Crippen molar-refractivity contribution in [3.8, 4) is 0 Å². The summed E-state index contributed by atoms with van der Waals surface area (Å²) in [5.74, 6) is -3.37. The van der Waals surface area contributed by atoms with Crippen LogP contribution in [0.15, 0.2) is 102 Å². The van der Waals surface area contributed by atoms with Gasteiger partial charge in [0.1, 0.15) is 5.92 Å². The normalized spacial score (nSPS) is 11.9. The average Bonchev–Trinajstić information content (AvgIpc) is 2.96. The molecular formula is C30H28N2O6S. The van der Waals surface area contributed by atoms with E-state index in [-0.39, 0.29) is 17.9 Å². The molecule has 0 saturated heterocycles. The molecule has 4 aromatic rings. The van der Waals surface area contributed by atoms with Gasteiger partial charge in [-0.3, -0.25) is 9.59 Å². The summed E-state index contributed by atoms with van der Waals surface area (Å²) in [6, 6.07) is 26.9. The number of nitrogens with zero attached hydrogens (tertiary/aromatic N) is 1. The number of hydrogen-bond donors (Lipinski definition) is 1. The predicted molar refractivity (Wildman–Crippen MR) is 149 cm³/mol. The predicted octanol–water partition coefficient (Wildman–Crippen LogP) is 4.34. The number of carbonyl (C=O) groups excluding carboxylic acids is 3. The Bertz CT molecular complexity index is 1600. The average molecular weight is 545 g/mol. The third-order valence-electron chi connectivity index (χ3n) is 6.35. The van der Waals surface area contributed by atoms with Gasteiger partial charge in [-0.15, -0.1) is 0 Å². The molecule has 1 N–H and O–H groups in total. The van der Waals surface area contributed by atoms with E-state index in [1.807, 2.05) is 18.2 Å². The van der Waals surface area contributed by atoms with Gasteiger partial charge in [-0.25, -0.2) is 17.9 Å². The van der Waals surface area contributed by atoms with Crippen LogP contribution in [0.3, 0.4) is 0 Å². The molecule has 39 heavy (non-hydrogen) atoms. The van der Waals surface area contributed by atoms with Crippen LogP contribution in [-0.4, -0.2) is 39.9 Å². The van der Waals surface area contributed by atoms with Crippen LogP contribution >= 0.6 is 0 Å². The van der Waals surface area contributed by atoms with Crippen LogP contribution in [0.1, 0.15) is 22.8 Å². The summed E-state index contributed by atoms with van der Waals surface area (Å²) in [6.45, 7) is 2.04. The van der Waals surface area contributed by atoms with Gasteiger partial charge in [0.2, 0.25) is 11.8 Å². The monoisotopic (exact) mass is 544 g/mol. The van der Waals surface area contributed by atoms with Gasteiger partial charge in [-0.05, 0) is 66.1 Å². The fraction of sp³-hybridized carbons (Fsp3) is 0.167. The van der Waals surface area contributed by atoms with E-state index in [9.17, 15) is 22.8 Å². The standard InChI is InChI=1S/C30H28N2O6S/c1-3-32(25-11-5-4-6-12-25)29(34)27(19-21-13-15-23(16-14-21)30(35)38-2)28(33)31-39(36,37)26-18-17-22-9-7-8-10-24(22)20-26/h4-18,20,27H,3,19H2,1-2H3,(H,31,33). The number of fused-ring (bicyclic) bond motifs is 1. The molecule has 0 radical (unpaired) electrons. The Labute approximate surface area is 227 Å². The van der Waals surface area contributed by atoms with Crippen LogP contribution < -0.4 is 9.62 Å². The number of esters is 1. The number of rotatable bonds is 9. The zero-order valence-corrected chi connectivity index (χ0v) is 22.4. The molecule has 1 unspecified atom stereocenters. The largest absolute Gasteiger partial charge is 0.465 e. The highest BCUT2D eigenvalue weighted by Gasteiger charge is 2.34. The minimum atomic E-state index is -4.27. The number of methoxy groups -OCH3 is 1. The molecule has 0 aromatic heterocycles. The molecule has 200 valence electrons. The van der Waals surface area contributed by atoms with E-state index < -0.39 is 33.7 Å². The van der Waals surface area contributed by atoms with Crippen LogP contribution in [0.2, 0.25) is 0 Å². The van der Waals surface area contributed by atoms with Gasteiger partial charge in [0.05, 0.1) is 17.6 Å². The van der Waals surface area contributed by atoms with Crippen molar-refractivity contribution >= 4 is 44.3 Å². The second-order valence-corrected chi connectivity index (χ2v) is 10.5. The fourth-order valence-corrected chi connectivity index (χ4v) is 5.34. The second-order valence-electron chi connectivity index (χ2n) is 8.84. The van der Waals surface area contributed by atoms with Gasteiger partial charge < -0.3 is 9.64 Å². The van der Waals surface area contributed by atoms with Crippen molar-refractivity contribution in [2.75, 3.05) is 18.6 Å². The van der Waals surface area contributed by atoms with Crippen molar-refractivity contribution in [1.82, 2.24) is 4.72 Å². The summed E-state index contributed by atoms with van der Waals surface area (Å²) in [5.41, 5.74) is 1.47. The highest BCUT2D eigenvalue weighted by atomic mass is 32.2. The highest BCUT2D eigenvalue weighted by molar-refractivity contribution is 7.90. The lowest BCUT2D eigenvalue weighted by atomic mass is 9.96. The van der Waals surface area contributed by atoms with Crippen LogP contribution in [0.4, 0.5) is 5.69 Å². The molecule has 0 saturated carbocycles. The minimum Gasteiger partial charge on any atom is -0.465 e. The zero-order chi connectivity index (χ0) is 28.0. The molecule has 4 rings (SSSR count). The summed E-state index contributed by atoms with van der Waals surface area (Å²) >= 11 is 0. The molecule has 9 heteroatoms. The Balaban J connectivity index is 1.66. The Morgan fingerprint density at radius 2 is 1.49 bits per heavy atom. The smallest absolute Gasteiger partial charge is 0.337 e. The van der Waals surface area contributed by atoms with Crippen molar-refractivity contribution < 1.29 is 27.5 Å². The van der Waals surface area contributed by atoms with Crippen molar-refractivity contribution in [3.05, 3.63) is 108 Å². The van der Waals surface area contributed by atoms with E-state index in [0.29, 0.717) is 22.2 Å². The molecule has 0 bridgehead atoms. The minimum absolute atomic E-state index is 0.0807. The zero-order valence-electron chi connectivity index (χ0n) is 21.5. The number of amides is 2. The van der Waals surface area contributed by atoms with Crippen LogP contribution in [0.5, 0.6) is 0 Å². The van der Waals surface area contributed by atoms with Gasteiger partial charge in [0.15, 0.2) is 0 Å². The molecule has 0 aliphatic heterocycles. The van der Waals surface area contributed by atoms with Gasteiger partial charge in [0.25, 0.3) is 10.0 Å². The van der Waals surface area contributed by atoms with Crippen LogP contribution in [0, 0.1) is 5.92 Å². The van der Waals surface area contributed by atoms with Gasteiger partial charge in [-0.2, -0.15) is 0 Å². The molecule has 0 fully saturated rings. The molecule has 2 amide bonds. The van der Waals surface area contributed by atoms with Crippen LogP contribution in [0.25, 0.3) is 10.8 Å². The summed E-state index contributed by atoms with van der Waals surface area (Å²) < 4.78 is 33.3. The lowest BCUT2D eigenvalue weighted by Gasteiger charge is -2.26. The lowest BCUT2D eigenvalue weighted by Crippen LogP contribution is -2.46. The second kappa shape index (κ2) is 11.9. The van der Waals surface area contributed by atoms with Crippen LogP contribution in [-0.2, 0) is 30.8 Å². The molecule has 1 atom stereocenters. The van der Waals surface area contributed by atoms with E-state index in [1.165, 1.54) is 36.3 Å². The van der Waals surface area contributed by atoms with E-state index in [4.69, 9.17) is 4.74 Å². The first-order valence-electron chi connectivity index (χ1n) is 12.3. The van der Waals surface area contributed by atoms with E-state index in [1.54, 1.807) is 61.5 Å². The molecule has 0 aliphatic carbocycles. The number of sulfonamides is 1. The summed E-state index contributed by atoms with van der Waals surface area (Å²) in [5, 5.41) is 1.56. The Hall–Kier alpha value is -4.50. The van der Waals surface area contributed by atoms with Gasteiger partial charge in [-0.1, -0.05) is 60.7 Å². The first-order chi connectivity index (χ1) is 18.7. The number of anilines is 1. The Kier molecular flexibility index (Phi) is 8.41. The first kappa shape index (κ1) is 27.5. The van der Waals surface area contributed by atoms with Gasteiger partial charge >= 0.3 is 5.97 Å². The van der Waals surface area contributed by atoms with Crippen molar-refractivity contribution in [2.45, 2.75) is 18.2 Å². The lowest BCUT2D eigenvalue weighted by molar-refractivity contribution is -0.132. The summed E-state index contributed by atoms with van der Waals surface area (Å²) in [6.07, 6.45) is -0.0807. The highest BCUT2D eigenvalue weighted by Crippen LogP contribution is 2.22. The molecule has 8 nitrogen and oxygen atoms in total. The van der Waals surface area contributed by atoms with Gasteiger partial charge in [0, 0.05) is 12.2 Å². The number of carbonyl (C=O) groups is 3. The Morgan fingerprint density at radius 1 is 0.846 bits per heavy atom. The number of hydrogen-bond acceptors (Lipinski definition) is 6. The number of ether oxygens (including phenoxy) is 1. The summed E-state index contributed by atoms with van der Waals surface area (Å²) in [7, 11) is -3.00. The maximum atomic E-state index is 13.7. The number of benzene rings is 4. The molecule has 0 spiro atoms. The SMILES string of the molecule is CCN(C(=O)C(Cc1ccc(C(=O)OC)cc1)C(=O)NS(=O)(=O)c1ccc2ccccc2c1)c1ccccc1. The van der Waals surface area contributed by atoms with Crippen molar-refractivity contribution in [2.24, 2.45) is 5.92 Å². The molecule has 0 heterocycles. The van der Waals surface area contributed by atoms with E-state index in [0.717, 1.165) is 5.39 Å². The van der Waals surface area contributed by atoms with Crippen molar-refractivity contribution in [3.63, 3.8) is 0 Å². The van der Waals surface area contributed by atoms with Crippen molar-refractivity contribution in [1.29, 1.82) is 0 Å². The summed E-state index contributed by atoms with van der Waals surface area (Å²) in [4.78, 5) is 40.4. The molecular weight excluding hydrogens is 516 g/mol. The maximum Gasteiger partial charge on any atom is 0.337 e. The molecule has 4 aromatic carbocycles. The van der Waals surface area contributed by atoms with E-state index in [2.05, 4.69) is 4.72 Å². The molecule has 0 aliphatic rings. The topological polar surface area (TPSA) is 110 Å². The third kappa shape index (κ3) is 6.32. The van der Waals surface area contributed by atoms with E-state index >= 15 is 0 Å². The number of nitrogens with one attached hydrogen (secondary N) is 1. The number of para-hydroxylation sites is 1. The fourth-order valence-electron chi connectivity index (χ4n) is 4.28.